The summed E-state index contributed by atoms with van der Waals surface area (Å²) in [5.74, 6) is 0.960. The lowest BCUT2D eigenvalue weighted by Gasteiger charge is -2.28. The van der Waals surface area contributed by atoms with Crippen LogP contribution in [0.15, 0.2) is 36.5 Å². The van der Waals surface area contributed by atoms with Gasteiger partial charge in [-0.3, -0.25) is 9.89 Å². The first kappa shape index (κ1) is 18.2. The smallest absolute Gasteiger partial charge is 0.257 e. The maximum absolute atomic E-state index is 13.2. The van der Waals surface area contributed by atoms with Crippen molar-refractivity contribution in [3.63, 3.8) is 0 Å². The molecular weight excluding hydrogens is 336 g/mol. The number of carbonyl (C=O) groups is 1. The van der Waals surface area contributed by atoms with Gasteiger partial charge in [-0.05, 0) is 31.7 Å². The lowest BCUT2D eigenvalue weighted by molar-refractivity contribution is 0.0761. The second-order valence-corrected chi connectivity index (χ2v) is 7.98. The molecule has 2 fully saturated rings. The van der Waals surface area contributed by atoms with Crippen LogP contribution in [0.4, 0.5) is 0 Å². The van der Waals surface area contributed by atoms with Crippen LogP contribution in [-0.4, -0.2) is 58.6 Å². The molecule has 0 bridgehead atoms. The Hall–Kier alpha value is -2.14. The van der Waals surface area contributed by atoms with Crippen LogP contribution in [0.3, 0.4) is 0 Å². The number of rotatable bonds is 4. The van der Waals surface area contributed by atoms with Crippen LogP contribution in [0.2, 0.25) is 0 Å². The standard InChI is InChI=1S/C22H30N4O/c27-22(20-16-23-24-21(20)19-10-5-2-6-11-19)26-13-7-12-25(14-15-26)17-18-8-3-1-4-9-18/h2,5-6,10-11,16,18H,1,3-4,7-9,12-15,17H2,(H,23,24). The Morgan fingerprint density at radius 1 is 1.00 bits per heavy atom. The van der Waals surface area contributed by atoms with Crippen molar-refractivity contribution in [3.8, 4) is 11.3 Å². The van der Waals surface area contributed by atoms with E-state index in [0.29, 0.717) is 5.56 Å². The van der Waals surface area contributed by atoms with Gasteiger partial charge < -0.3 is 9.80 Å². The number of benzene rings is 1. The third-order valence-electron chi connectivity index (χ3n) is 6.05. The van der Waals surface area contributed by atoms with Crippen molar-refractivity contribution in [3.05, 3.63) is 42.1 Å². The molecule has 2 heterocycles. The van der Waals surface area contributed by atoms with Crippen molar-refractivity contribution in [2.24, 2.45) is 5.92 Å². The molecule has 0 unspecified atom stereocenters. The van der Waals surface area contributed by atoms with Gasteiger partial charge in [0, 0.05) is 31.7 Å². The zero-order valence-corrected chi connectivity index (χ0v) is 16.1. The molecule has 27 heavy (non-hydrogen) atoms. The molecule has 1 aliphatic heterocycles. The fourth-order valence-electron chi connectivity index (χ4n) is 4.53. The third kappa shape index (κ3) is 4.41. The highest BCUT2D eigenvalue weighted by Gasteiger charge is 2.25. The summed E-state index contributed by atoms with van der Waals surface area (Å²) in [5.41, 5.74) is 2.51. The minimum atomic E-state index is 0.0992. The van der Waals surface area contributed by atoms with Gasteiger partial charge in [-0.25, -0.2) is 0 Å². The van der Waals surface area contributed by atoms with E-state index in [1.54, 1.807) is 6.20 Å². The SMILES string of the molecule is O=C(c1cn[nH]c1-c1ccccc1)N1CCCN(CC2CCCCC2)CC1. The molecule has 0 spiro atoms. The minimum absolute atomic E-state index is 0.0992. The van der Waals surface area contributed by atoms with Crippen LogP contribution in [0.5, 0.6) is 0 Å². The molecule has 1 saturated carbocycles. The molecular formula is C22H30N4O. The van der Waals surface area contributed by atoms with Crippen molar-refractivity contribution in [2.45, 2.75) is 38.5 Å². The van der Waals surface area contributed by atoms with E-state index < -0.39 is 0 Å². The topological polar surface area (TPSA) is 52.2 Å². The van der Waals surface area contributed by atoms with E-state index in [0.717, 1.165) is 49.8 Å². The molecule has 1 aliphatic carbocycles. The van der Waals surface area contributed by atoms with Crippen molar-refractivity contribution in [1.82, 2.24) is 20.0 Å². The highest BCUT2D eigenvalue weighted by atomic mass is 16.2. The molecule has 0 radical (unpaired) electrons. The molecule has 5 heteroatoms. The summed E-state index contributed by atoms with van der Waals surface area (Å²) in [7, 11) is 0. The molecule has 1 aromatic heterocycles. The van der Waals surface area contributed by atoms with Crippen molar-refractivity contribution < 1.29 is 4.79 Å². The third-order valence-corrected chi connectivity index (χ3v) is 6.05. The van der Waals surface area contributed by atoms with Gasteiger partial charge >= 0.3 is 0 Å². The van der Waals surface area contributed by atoms with Gasteiger partial charge in [-0.15, -0.1) is 0 Å². The summed E-state index contributed by atoms with van der Waals surface area (Å²) in [4.78, 5) is 17.7. The molecule has 1 amide bonds. The Labute approximate surface area is 161 Å². The van der Waals surface area contributed by atoms with Crippen LogP contribution < -0.4 is 0 Å². The van der Waals surface area contributed by atoms with E-state index in [2.05, 4.69) is 15.1 Å². The summed E-state index contributed by atoms with van der Waals surface area (Å²) < 4.78 is 0. The predicted molar refractivity (Wildman–Crippen MR) is 108 cm³/mol. The van der Waals surface area contributed by atoms with Crippen molar-refractivity contribution in [1.29, 1.82) is 0 Å². The summed E-state index contributed by atoms with van der Waals surface area (Å²) in [6.07, 6.45) is 9.69. The van der Waals surface area contributed by atoms with E-state index in [1.807, 2.05) is 35.2 Å². The molecule has 0 atom stereocenters. The highest BCUT2D eigenvalue weighted by Crippen LogP contribution is 2.25. The number of aromatic nitrogens is 2. The summed E-state index contributed by atoms with van der Waals surface area (Å²) >= 11 is 0. The first-order valence-electron chi connectivity index (χ1n) is 10.4. The van der Waals surface area contributed by atoms with Gasteiger partial charge in [0.05, 0.1) is 17.5 Å². The zero-order valence-electron chi connectivity index (χ0n) is 16.1. The maximum atomic E-state index is 13.2. The fourth-order valence-corrected chi connectivity index (χ4v) is 4.53. The molecule has 1 aromatic carbocycles. The Morgan fingerprint density at radius 2 is 1.81 bits per heavy atom. The van der Waals surface area contributed by atoms with Crippen LogP contribution >= 0.6 is 0 Å². The number of nitrogens with one attached hydrogen (secondary N) is 1. The van der Waals surface area contributed by atoms with Crippen LogP contribution in [0, 0.1) is 5.92 Å². The minimum Gasteiger partial charge on any atom is -0.337 e. The van der Waals surface area contributed by atoms with E-state index in [-0.39, 0.29) is 5.91 Å². The number of aromatic amines is 1. The van der Waals surface area contributed by atoms with Gasteiger partial charge in [0.1, 0.15) is 0 Å². The van der Waals surface area contributed by atoms with E-state index in [4.69, 9.17) is 0 Å². The quantitative estimate of drug-likeness (QED) is 0.895. The Balaban J connectivity index is 1.39. The summed E-state index contributed by atoms with van der Waals surface area (Å²) in [6, 6.07) is 9.98. The number of amides is 1. The Morgan fingerprint density at radius 3 is 2.63 bits per heavy atom. The Kier molecular flexibility index (Phi) is 5.87. The van der Waals surface area contributed by atoms with Gasteiger partial charge in [-0.1, -0.05) is 49.6 Å². The first-order valence-corrected chi connectivity index (χ1v) is 10.4. The number of hydrogen-bond donors (Lipinski definition) is 1. The average Bonchev–Trinajstić information content (AvgIpc) is 3.10. The van der Waals surface area contributed by atoms with E-state index in [9.17, 15) is 4.79 Å². The van der Waals surface area contributed by atoms with Crippen LogP contribution in [-0.2, 0) is 0 Å². The van der Waals surface area contributed by atoms with Crippen LogP contribution in [0.25, 0.3) is 11.3 Å². The first-order chi connectivity index (χ1) is 13.3. The van der Waals surface area contributed by atoms with Gasteiger partial charge in [0.2, 0.25) is 0 Å². The second-order valence-electron chi connectivity index (χ2n) is 7.98. The highest BCUT2D eigenvalue weighted by molar-refractivity contribution is 5.99. The molecule has 2 aromatic rings. The lowest BCUT2D eigenvalue weighted by Crippen LogP contribution is -2.37. The zero-order chi connectivity index (χ0) is 18.5. The maximum Gasteiger partial charge on any atom is 0.257 e. The largest absolute Gasteiger partial charge is 0.337 e. The van der Waals surface area contributed by atoms with Gasteiger partial charge in [-0.2, -0.15) is 5.10 Å². The van der Waals surface area contributed by atoms with E-state index in [1.165, 1.54) is 38.6 Å². The monoisotopic (exact) mass is 366 g/mol. The molecule has 1 saturated heterocycles. The number of hydrogen-bond acceptors (Lipinski definition) is 3. The van der Waals surface area contributed by atoms with Gasteiger partial charge in [0.25, 0.3) is 5.91 Å². The normalized spacial score (nSPS) is 19.8. The summed E-state index contributed by atoms with van der Waals surface area (Å²) in [6.45, 7) is 4.95. The summed E-state index contributed by atoms with van der Waals surface area (Å²) in [5, 5.41) is 7.16. The fraction of sp³-hybridized carbons (Fsp3) is 0.545. The average molecular weight is 367 g/mol. The van der Waals surface area contributed by atoms with Crippen molar-refractivity contribution in [2.75, 3.05) is 32.7 Å². The number of H-pyrrole nitrogens is 1. The van der Waals surface area contributed by atoms with E-state index >= 15 is 0 Å². The van der Waals surface area contributed by atoms with Crippen molar-refractivity contribution >= 4 is 5.91 Å². The molecule has 4 rings (SSSR count). The molecule has 144 valence electrons. The molecule has 5 nitrogen and oxygen atoms in total. The molecule has 1 N–H and O–H groups in total. The Bertz CT molecular complexity index is 736. The number of carbonyl (C=O) groups excluding carboxylic acids is 1. The van der Waals surface area contributed by atoms with Crippen LogP contribution in [0.1, 0.15) is 48.9 Å². The molecule has 2 aliphatic rings. The predicted octanol–water partition coefficient (Wildman–Crippen LogP) is 3.80. The number of nitrogens with zero attached hydrogens (tertiary/aromatic N) is 3. The van der Waals surface area contributed by atoms with Gasteiger partial charge in [0.15, 0.2) is 0 Å². The lowest BCUT2D eigenvalue weighted by atomic mass is 9.89. The second kappa shape index (κ2) is 8.70.